The van der Waals surface area contributed by atoms with E-state index in [2.05, 4.69) is 10.3 Å². The number of hydrogen-bond donors (Lipinski definition) is 1. The third kappa shape index (κ3) is 3.97. The largest absolute Gasteiger partial charge is 0.456 e. The van der Waals surface area contributed by atoms with E-state index in [1.165, 1.54) is 0 Å². The van der Waals surface area contributed by atoms with Gasteiger partial charge >= 0.3 is 5.97 Å². The third-order valence-electron chi connectivity index (χ3n) is 3.49. The molecular weight excluding hydrogens is 362 g/mol. The smallest absolute Gasteiger partial charge is 0.359 e. The first kappa shape index (κ1) is 17.8. The van der Waals surface area contributed by atoms with Crippen molar-refractivity contribution in [1.82, 2.24) is 4.98 Å². The van der Waals surface area contributed by atoms with Gasteiger partial charge in [-0.1, -0.05) is 60.1 Å². The fourth-order valence-corrected chi connectivity index (χ4v) is 2.47. The normalized spacial score (nSPS) is 10.4. The molecule has 0 aliphatic carbocycles. The Morgan fingerprint density at radius 1 is 1.04 bits per heavy atom. The highest BCUT2D eigenvalue weighted by atomic mass is 35.5. The number of anilines is 2. The van der Waals surface area contributed by atoms with Gasteiger partial charge in [0.1, 0.15) is 17.3 Å². The van der Waals surface area contributed by atoms with Crippen LogP contribution in [0.1, 0.15) is 16.1 Å². The van der Waals surface area contributed by atoms with E-state index in [0.717, 1.165) is 5.56 Å². The fourth-order valence-electron chi connectivity index (χ4n) is 2.22. The minimum Gasteiger partial charge on any atom is -0.456 e. The summed E-state index contributed by atoms with van der Waals surface area (Å²) in [5.41, 5.74) is 0.335. The van der Waals surface area contributed by atoms with Gasteiger partial charge in [0.15, 0.2) is 5.69 Å². The molecule has 7 heteroatoms. The average Bonchev–Trinajstić information content (AvgIpc) is 2.68. The van der Waals surface area contributed by atoms with Gasteiger partial charge in [0.2, 0.25) is 5.82 Å². The van der Waals surface area contributed by atoms with Crippen LogP contribution in [-0.4, -0.2) is 11.0 Å². The van der Waals surface area contributed by atoms with Gasteiger partial charge in [0.25, 0.3) is 5.95 Å². The SMILES string of the molecule is O=C(OCc1ccccc1)c1nc(F)c(F)c(Nc2ccccc2)c1Cl. The first-order chi connectivity index (χ1) is 12.6. The van der Waals surface area contributed by atoms with E-state index >= 15 is 0 Å². The van der Waals surface area contributed by atoms with Crippen LogP contribution in [0, 0.1) is 11.8 Å². The van der Waals surface area contributed by atoms with E-state index < -0.39 is 23.4 Å². The number of hydrogen-bond acceptors (Lipinski definition) is 4. The number of aromatic nitrogens is 1. The lowest BCUT2D eigenvalue weighted by molar-refractivity contribution is 0.0464. The van der Waals surface area contributed by atoms with Crippen LogP contribution in [-0.2, 0) is 11.3 Å². The minimum absolute atomic E-state index is 0.0435. The second-order valence-electron chi connectivity index (χ2n) is 5.31. The van der Waals surface area contributed by atoms with Crippen LogP contribution in [0.3, 0.4) is 0 Å². The molecule has 0 aliphatic rings. The molecule has 0 atom stereocenters. The molecule has 0 aliphatic heterocycles. The van der Waals surface area contributed by atoms with E-state index in [1.54, 1.807) is 54.6 Å². The molecule has 3 aromatic rings. The van der Waals surface area contributed by atoms with E-state index in [-0.39, 0.29) is 17.3 Å². The Kier molecular flexibility index (Phi) is 5.43. The number of esters is 1. The molecule has 0 saturated heterocycles. The molecule has 26 heavy (non-hydrogen) atoms. The number of carbonyl (C=O) groups excluding carboxylic acids is 1. The van der Waals surface area contributed by atoms with Crippen molar-refractivity contribution in [2.24, 2.45) is 0 Å². The summed E-state index contributed by atoms with van der Waals surface area (Å²) in [6.07, 6.45) is 0. The molecule has 4 nitrogen and oxygen atoms in total. The number of nitrogens with zero attached hydrogens (tertiary/aromatic N) is 1. The standard InChI is InChI=1S/C19H13ClF2N2O2/c20-14-16(23-13-9-5-2-6-10-13)15(21)18(22)24-17(14)19(25)26-11-12-7-3-1-4-8-12/h1-10H,11H2,(H,23,24). The molecule has 0 unspecified atom stereocenters. The van der Waals surface area contributed by atoms with Crippen molar-refractivity contribution in [2.75, 3.05) is 5.32 Å². The van der Waals surface area contributed by atoms with E-state index in [4.69, 9.17) is 16.3 Å². The topological polar surface area (TPSA) is 51.2 Å². The molecule has 0 spiro atoms. The van der Waals surface area contributed by atoms with Gasteiger partial charge in [0.05, 0.1) is 0 Å². The maximum atomic E-state index is 14.1. The fraction of sp³-hybridized carbons (Fsp3) is 0.0526. The zero-order valence-corrected chi connectivity index (χ0v) is 14.1. The van der Waals surface area contributed by atoms with Gasteiger partial charge in [-0.25, -0.2) is 9.78 Å². The number of rotatable bonds is 5. The summed E-state index contributed by atoms with van der Waals surface area (Å²) >= 11 is 6.08. The van der Waals surface area contributed by atoms with E-state index in [9.17, 15) is 13.6 Å². The van der Waals surface area contributed by atoms with Gasteiger partial charge < -0.3 is 10.1 Å². The van der Waals surface area contributed by atoms with Crippen LogP contribution in [0.5, 0.6) is 0 Å². The van der Waals surface area contributed by atoms with Gasteiger partial charge in [0, 0.05) is 5.69 Å². The molecule has 0 fully saturated rings. The number of nitrogens with one attached hydrogen (secondary N) is 1. The summed E-state index contributed by atoms with van der Waals surface area (Å²) in [6, 6.07) is 17.4. The number of carbonyl (C=O) groups is 1. The Bertz CT molecular complexity index is 922. The van der Waals surface area contributed by atoms with Crippen LogP contribution >= 0.6 is 11.6 Å². The summed E-state index contributed by atoms with van der Waals surface area (Å²) in [4.78, 5) is 15.5. The van der Waals surface area contributed by atoms with Crippen LogP contribution in [0.4, 0.5) is 20.2 Å². The van der Waals surface area contributed by atoms with E-state index in [0.29, 0.717) is 5.69 Å². The molecule has 1 aromatic heterocycles. The number of benzene rings is 2. The summed E-state index contributed by atoms with van der Waals surface area (Å²) in [5, 5.41) is 2.30. The van der Waals surface area contributed by atoms with Crippen LogP contribution in [0.15, 0.2) is 60.7 Å². The van der Waals surface area contributed by atoms with Crippen molar-refractivity contribution in [3.05, 3.63) is 88.7 Å². The van der Waals surface area contributed by atoms with Crippen molar-refractivity contribution in [1.29, 1.82) is 0 Å². The van der Waals surface area contributed by atoms with Gasteiger partial charge in [-0.2, -0.15) is 8.78 Å². The molecule has 3 rings (SSSR count). The predicted octanol–water partition coefficient (Wildman–Crippen LogP) is 5.11. The van der Waals surface area contributed by atoms with Crippen molar-refractivity contribution in [3.63, 3.8) is 0 Å². The molecule has 0 radical (unpaired) electrons. The lowest BCUT2D eigenvalue weighted by Crippen LogP contribution is -2.12. The van der Waals surface area contributed by atoms with Crippen molar-refractivity contribution in [3.8, 4) is 0 Å². The van der Waals surface area contributed by atoms with Gasteiger partial charge in [-0.05, 0) is 17.7 Å². The Hall–Kier alpha value is -2.99. The van der Waals surface area contributed by atoms with Crippen molar-refractivity contribution < 1.29 is 18.3 Å². The van der Waals surface area contributed by atoms with Crippen LogP contribution in [0.2, 0.25) is 5.02 Å². The van der Waals surface area contributed by atoms with E-state index in [1.807, 2.05) is 6.07 Å². The monoisotopic (exact) mass is 374 g/mol. The maximum absolute atomic E-state index is 14.1. The first-order valence-corrected chi connectivity index (χ1v) is 8.01. The molecule has 1 heterocycles. The number of ether oxygens (including phenoxy) is 1. The van der Waals surface area contributed by atoms with Gasteiger partial charge in [-0.3, -0.25) is 0 Å². The predicted molar refractivity (Wildman–Crippen MR) is 94.4 cm³/mol. The zero-order valence-electron chi connectivity index (χ0n) is 13.4. The third-order valence-corrected chi connectivity index (χ3v) is 3.86. The number of halogens is 3. The second-order valence-corrected chi connectivity index (χ2v) is 5.68. The molecule has 132 valence electrons. The zero-order chi connectivity index (χ0) is 18.5. The minimum atomic E-state index is -1.44. The van der Waals surface area contributed by atoms with Gasteiger partial charge in [-0.15, -0.1) is 0 Å². The highest BCUT2D eigenvalue weighted by Gasteiger charge is 2.24. The first-order valence-electron chi connectivity index (χ1n) is 7.64. The Balaban J connectivity index is 1.86. The highest BCUT2D eigenvalue weighted by Crippen LogP contribution is 2.32. The van der Waals surface area contributed by atoms with Crippen molar-refractivity contribution in [2.45, 2.75) is 6.61 Å². The molecule has 0 amide bonds. The second kappa shape index (κ2) is 7.93. The summed E-state index contributed by atoms with van der Waals surface area (Å²) in [5.74, 6) is -3.67. The summed E-state index contributed by atoms with van der Waals surface area (Å²) < 4.78 is 33.1. The molecule has 0 saturated carbocycles. The molecule has 2 aromatic carbocycles. The highest BCUT2D eigenvalue weighted by molar-refractivity contribution is 6.36. The Labute approximate surface area is 153 Å². The lowest BCUT2D eigenvalue weighted by Gasteiger charge is -2.13. The van der Waals surface area contributed by atoms with Crippen molar-refractivity contribution >= 4 is 28.9 Å². The average molecular weight is 375 g/mol. The number of para-hydroxylation sites is 1. The van der Waals surface area contributed by atoms with Crippen LogP contribution < -0.4 is 5.32 Å². The molecular formula is C19H13ClF2N2O2. The quantitative estimate of drug-likeness (QED) is 0.498. The molecule has 1 N–H and O–H groups in total. The summed E-state index contributed by atoms with van der Waals surface area (Å²) in [6.45, 7) is -0.0435. The number of pyridine rings is 1. The lowest BCUT2D eigenvalue weighted by atomic mass is 10.2. The maximum Gasteiger partial charge on any atom is 0.359 e. The Morgan fingerprint density at radius 3 is 2.31 bits per heavy atom. The Morgan fingerprint density at radius 2 is 1.65 bits per heavy atom. The van der Waals surface area contributed by atoms with Crippen LogP contribution in [0.25, 0.3) is 0 Å². The summed E-state index contributed by atoms with van der Waals surface area (Å²) in [7, 11) is 0. The molecule has 0 bridgehead atoms.